The van der Waals surface area contributed by atoms with Crippen LogP contribution in [0.15, 0.2) is 0 Å². The summed E-state index contributed by atoms with van der Waals surface area (Å²) in [5, 5.41) is 4.73. The minimum atomic E-state index is 0.790. The van der Waals surface area contributed by atoms with Gasteiger partial charge >= 0.3 is 0 Å². The summed E-state index contributed by atoms with van der Waals surface area (Å²) in [4.78, 5) is 2.64. The van der Waals surface area contributed by atoms with Gasteiger partial charge in [0.15, 0.2) is 0 Å². The summed E-state index contributed by atoms with van der Waals surface area (Å²) >= 11 is 2.17. The van der Waals surface area contributed by atoms with Crippen molar-refractivity contribution in [2.24, 2.45) is 0 Å². The Morgan fingerprint density at radius 1 is 1.18 bits per heavy atom. The van der Waals surface area contributed by atoms with Crippen LogP contribution in [0.5, 0.6) is 0 Å². The topological polar surface area (TPSA) is 15.3 Å². The van der Waals surface area contributed by atoms with Crippen LogP contribution in [0.4, 0.5) is 0 Å². The summed E-state index contributed by atoms with van der Waals surface area (Å²) < 4.78 is 0. The molecule has 2 aliphatic rings. The van der Waals surface area contributed by atoms with E-state index in [2.05, 4.69) is 28.9 Å². The van der Waals surface area contributed by atoms with Crippen LogP contribution in [0.25, 0.3) is 0 Å². The van der Waals surface area contributed by atoms with E-state index in [1.165, 1.54) is 70.5 Å². The molecule has 0 saturated carbocycles. The van der Waals surface area contributed by atoms with Gasteiger partial charge in [-0.3, -0.25) is 0 Å². The van der Waals surface area contributed by atoms with Gasteiger partial charge < -0.3 is 10.2 Å². The highest BCUT2D eigenvalue weighted by Crippen LogP contribution is 2.25. The van der Waals surface area contributed by atoms with Crippen molar-refractivity contribution in [2.75, 3.05) is 31.9 Å². The maximum absolute atomic E-state index is 3.82. The van der Waals surface area contributed by atoms with E-state index in [0.717, 1.165) is 11.3 Å². The molecule has 2 nitrogen and oxygen atoms in total. The molecule has 2 atom stereocenters. The van der Waals surface area contributed by atoms with Gasteiger partial charge in [-0.1, -0.05) is 6.92 Å². The van der Waals surface area contributed by atoms with Gasteiger partial charge in [-0.05, 0) is 63.9 Å². The minimum absolute atomic E-state index is 0.790. The van der Waals surface area contributed by atoms with Crippen molar-refractivity contribution in [1.82, 2.24) is 10.2 Å². The fourth-order valence-corrected chi connectivity index (χ4v) is 4.22. The Hall–Kier alpha value is 0.270. The minimum Gasteiger partial charge on any atom is -0.313 e. The van der Waals surface area contributed by atoms with E-state index >= 15 is 0 Å². The van der Waals surface area contributed by atoms with E-state index in [4.69, 9.17) is 0 Å². The van der Waals surface area contributed by atoms with Crippen molar-refractivity contribution in [3.8, 4) is 0 Å². The quantitative estimate of drug-likeness (QED) is 0.814. The average Bonchev–Trinajstić information content (AvgIpc) is 2.75. The lowest BCUT2D eigenvalue weighted by molar-refractivity contribution is 0.282. The molecular formula is C14H28N2S. The summed E-state index contributed by atoms with van der Waals surface area (Å²) in [5.74, 6) is 1.39. The van der Waals surface area contributed by atoms with Crippen LogP contribution in [-0.2, 0) is 0 Å². The van der Waals surface area contributed by atoms with Crippen LogP contribution in [0, 0.1) is 0 Å². The highest BCUT2D eigenvalue weighted by atomic mass is 32.2. The predicted molar refractivity (Wildman–Crippen MR) is 77.9 cm³/mol. The third-order valence-electron chi connectivity index (χ3n) is 4.02. The monoisotopic (exact) mass is 256 g/mol. The molecule has 2 rings (SSSR count). The maximum Gasteiger partial charge on any atom is 0.0172 e. The number of likely N-dealkylation sites (tertiary alicyclic amines) is 1. The molecule has 0 aromatic carbocycles. The molecule has 2 unspecified atom stereocenters. The van der Waals surface area contributed by atoms with E-state index in [1.54, 1.807) is 0 Å². The van der Waals surface area contributed by atoms with E-state index in [0.29, 0.717) is 0 Å². The number of thioether (sulfide) groups is 1. The van der Waals surface area contributed by atoms with Crippen LogP contribution >= 0.6 is 11.8 Å². The molecule has 2 fully saturated rings. The fraction of sp³-hybridized carbons (Fsp3) is 1.00. The first kappa shape index (κ1) is 13.7. The predicted octanol–water partition coefficient (Wildman–Crippen LogP) is 2.74. The SMILES string of the molecule is CCCN1CCCC(NCC2CCCS2)CC1. The molecule has 3 heteroatoms. The van der Waals surface area contributed by atoms with Gasteiger partial charge in [0.2, 0.25) is 0 Å². The summed E-state index contributed by atoms with van der Waals surface area (Å²) in [6.07, 6.45) is 8.31. The Morgan fingerprint density at radius 3 is 2.88 bits per heavy atom. The zero-order chi connectivity index (χ0) is 11.9. The number of nitrogens with one attached hydrogen (secondary N) is 1. The van der Waals surface area contributed by atoms with Crippen molar-refractivity contribution in [3.05, 3.63) is 0 Å². The van der Waals surface area contributed by atoms with Crippen LogP contribution in [0.3, 0.4) is 0 Å². The van der Waals surface area contributed by atoms with Crippen molar-refractivity contribution < 1.29 is 0 Å². The lowest BCUT2D eigenvalue weighted by Crippen LogP contribution is -2.35. The van der Waals surface area contributed by atoms with Crippen molar-refractivity contribution in [2.45, 2.75) is 56.7 Å². The Bertz CT molecular complexity index is 204. The lowest BCUT2D eigenvalue weighted by atomic mass is 10.1. The molecule has 1 N–H and O–H groups in total. The van der Waals surface area contributed by atoms with Crippen molar-refractivity contribution in [3.63, 3.8) is 0 Å². The number of hydrogen-bond acceptors (Lipinski definition) is 3. The molecule has 2 saturated heterocycles. The molecule has 2 aliphatic heterocycles. The van der Waals surface area contributed by atoms with Crippen LogP contribution in [-0.4, -0.2) is 48.1 Å². The second-order valence-corrected chi connectivity index (χ2v) is 6.92. The van der Waals surface area contributed by atoms with Crippen LogP contribution < -0.4 is 5.32 Å². The van der Waals surface area contributed by atoms with E-state index in [-0.39, 0.29) is 0 Å². The van der Waals surface area contributed by atoms with Gasteiger partial charge in [-0.25, -0.2) is 0 Å². The van der Waals surface area contributed by atoms with E-state index in [1.807, 2.05) is 0 Å². The van der Waals surface area contributed by atoms with E-state index in [9.17, 15) is 0 Å². The molecule has 2 heterocycles. The highest BCUT2D eigenvalue weighted by molar-refractivity contribution is 8.00. The van der Waals surface area contributed by atoms with Gasteiger partial charge in [0.05, 0.1) is 0 Å². The van der Waals surface area contributed by atoms with Gasteiger partial charge in [-0.2, -0.15) is 11.8 Å². The Balaban J connectivity index is 1.63. The zero-order valence-electron chi connectivity index (χ0n) is 11.3. The average molecular weight is 256 g/mol. The Kier molecular flexibility index (Phi) is 6.16. The molecule has 0 aromatic heterocycles. The van der Waals surface area contributed by atoms with Crippen LogP contribution in [0.2, 0.25) is 0 Å². The van der Waals surface area contributed by atoms with Gasteiger partial charge in [0, 0.05) is 17.8 Å². The number of hydrogen-bond donors (Lipinski definition) is 1. The second-order valence-electron chi connectivity index (χ2n) is 5.51. The summed E-state index contributed by atoms with van der Waals surface area (Å²) in [6, 6.07) is 0.790. The lowest BCUT2D eigenvalue weighted by Gasteiger charge is -2.20. The maximum atomic E-state index is 3.82. The second kappa shape index (κ2) is 7.65. The summed E-state index contributed by atoms with van der Waals surface area (Å²) in [7, 11) is 0. The number of nitrogens with zero attached hydrogens (tertiary/aromatic N) is 1. The van der Waals surface area contributed by atoms with Gasteiger partial charge in [-0.15, -0.1) is 0 Å². The van der Waals surface area contributed by atoms with Crippen molar-refractivity contribution in [1.29, 1.82) is 0 Å². The van der Waals surface area contributed by atoms with Gasteiger partial charge in [0.25, 0.3) is 0 Å². The van der Waals surface area contributed by atoms with Crippen LogP contribution in [0.1, 0.15) is 45.4 Å². The molecule has 0 radical (unpaired) electrons. The molecule has 17 heavy (non-hydrogen) atoms. The normalized spacial score (nSPS) is 31.6. The summed E-state index contributed by atoms with van der Waals surface area (Å²) in [6.45, 7) is 7.47. The highest BCUT2D eigenvalue weighted by Gasteiger charge is 2.19. The molecule has 0 spiro atoms. The molecule has 0 aromatic rings. The first-order valence-corrected chi connectivity index (χ1v) is 8.50. The molecule has 0 amide bonds. The largest absolute Gasteiger partial charge is 0.313 e. The Morgan fingerprint density at radius 2 is 2.12 bits per heavy atom. The third-order valence-corrected chi connectivity index (χ3v) is 5.42. The number of rotatable bonds is 5. The first-order valence-electron chi connectivity index (χ1n) is 7.46. The smallest absolute Gasteiger partial charge is 0.0172 e. The summed E-state index contributed by atoms with van der Waals surface area (Å²) in [5.41, 5.74) is 0. The zero-order valence-corrected chi connectivity index (χ0v) is 12.1. The third kappa shape index (κ3) is 4.80. The molecule has 0 bridgehead atoms. The first-order chi connectivity index (χ1) is 8.38. The molecular weight excluding hydrogens is 228 g/mol. The molecule has 0 aliphatic carbocycles. The van der Waals surface area contributed by atoms with Gasteiger partial charge in [0.1, 0.15) is 0 Å². The fourth-order valence-electron chi connectivity index (χ4n) is 3.00. The molecule has 100 valence electrons. The van der Waals surface area contributed by atoms with Crippen molar-refractivity contribution >= 4 is 11.8 Å². The van der Waals surface area contributed by atoms with E-state index < -0.39 is 0 Å². The Labute approximate surface area is 111 Å². The standard InChI is InChI=1S/C14H28N2S/c1-2-8-16-9-3-5-13(7-10-16)15-12-14-6-4-11-17-14/h13-15H,2-12H2,1H3.